The highest BCUT2D eigenvalue weighted by atomic mass is 15.4. The van der Waals surface area contributed by atoms with Crippen LogP contribution in [-0.4, -0.2) is 35.3 Å². The number of hydrogen-bond acceptors (Lipinski definition) is 5. The summed E-state index contributed by atoms with van der Waals surface area (Å²) in [5.41, 5.74) is 7.99. The van der Waals surface area contributed by atoms with Crippen LogP contribution in [0.3, 0.4) is 0 Å². The van der Waals surface area contributed by atoms with Crippen molar-refractivity contribution < 1.29 is 0 Å². The summed E-state index contributed by atoms with van der Waals surface area (Å²) in [4.78, 5) is 8.64. The second-order valence-electron chi connectivity index (χ2n) is 3.57. The second-order valence-corrected chi connectivity index (χ2v) is 3.57. The number of nitrogen functional groups attached to an aromatic ring is 1. The Morgan fingerprint density at radius 3 is 2.44 bits per heavy atom. The van der Waals surface area contributed by atoms with E-state index in [0.29, 0.717) is 11.5 Å². The van der Waals surface area contributed by atoms with Crippen LogP contribution in [-0.2, 0) is 0 Å². The monoisotopic (exact) mass is 215 g/mol. The fourth-order valence-electron chi connectivity index (χ4n) is 1.29. The lowest BCUT2D eigenvalue weighted by Crippen LogP contribution is -2.05. The van der Waals surface area contributed by atoms with Crippen molar-refractivity contribution in [3.8, 4) is 0 Å². The van der Waals surface area contributed by atoms with Gasteiger partial charge in [0.15, 0.2) is 5.82 Å². The summed E-state index contributed by atoms with van der Waals surface area (Å²) in [6.07, 6.45) is 1.61. The van der Waals surface area contributed by atoms with Crippen molar-refractivity contribution in [3.05, 3.63) is 30.0 Å². The first kappa shape index (κ1) is 10.4. The number of hydrazone groups is 1. The number of anilines is 1. The third-order valence-electron chi connectivity index (χ3n) is 2.04. The lowest BCUT2D eigenvalue weighted by atomic mass is 10.3. The van der Waals surface area contributed by atoms with E-state index in [9.17, 15) is 0 Å². The smallest absolute Gasteiger partial charge is 0.151 e. The van der Waals surface area contributed by atoms with Gasteiger partial charge in [-0.3, -0.25) is 0 Å². The number of fused-ring (bicyclic) bond motifs is 1. The van der Waals surface area contributed by atoms with Gasteiger partial charge in [-0.25, -0.2) is 9.97 Å². The van der Waals surface area contributed by atoms with Crippen LogP contribution in [0.15, 0.2) is 29.4 Å². The topological polar surface area (TPSA) is 67.4 Å². The number of nitrogens with two attached hydrogens (primary N) is 1. The molecule has 0 atom stereocenters. The molecule has 2 rings (SSSR count). The Morgan fingerprint density at radius 1 is 1.19 bits per heavy atom. The van der Waals surface area contributed by atoms with E-state index >= 15 is 0 Å². The Hall–Kier alpha value is -2.17. The molecule has 5 heteroatoms. The van der Waals surface area contributed by atoms with Crippen LogP contribution in [0.1, 0.15) is 5.69 Å². The molecule has 0 saturated heterocycles. The molecule has 16 heavy (non-hydrogen) atoms. The molecular weight excluding hydrogens is 202 g/mol. The van der Waals surface area contributed by atoms with Crippen LogP contribution < -0.4 is 5.73 Å². The average Bonchev–Trinajstić information content (AvgIpc) is 2.26. The zero-order valence-corrected chi connectivity index (χ0v) is 9.25. The lowest BCUT2D eigenvalue weighted by Gasteiger charge is -2.04. The van der Waals surface area contributed by atoms with Gasteiger partial charge in [0.25, 0.3) is 0 Å². The van der Waals surface area contributed by atoms with E-state index in [-0.39, 0.29) is 0 Å². The van der Waals surface area contributed by atoms with Gasteiger partial charge in [0, 0.05) is 14.1 Å². The lowest BCUT2D eigenvalue weighted by molar-refractivity contribution is 0.440. The molecule has 1 heterocycles. The zero-order valence-electron chi connectivity index (χ0n) is 9.25. The number of aromatic nitrogens is 2. The summed E-state index contributed by atoms with van der Waals surface area (Å²) in [6, 6.07) is 7.60. The molecule has 0 unspecified atom stereocenters. The van der Waals surface area contributed by atoms with Crippen LogP contribution in [0.4, 0.5) is 5.82 Å². The summed E-state index contributed by atoms with van der Waals surface area (Å²) in [5.74, 6) is 0.393. The fourth-order valence-corrected chi connectivity index (χ4v) is 1.29. The maximum absolute atomic E-state index is 5.79. The number of nitrogens with zero attached hydrogens (tertiary/aromatic N) is 4. The van der Waals surface area contributed by atoms with E-state index in [2.05, 4.69) is 15.1 Å². The SMILES string of the molecule is CN(C)N=Cc1nc2ccccc2nc1N. The molecule has 1 aromatic heterocycles. The second kappa shape index (κ2) is 4.14. The Balaban J connectivity index is 2.50. The molecule has 0 fully saturated rings. The highest BCUT2D eigenvalue weighted by Gasteiger charge is 2.02. The van der Waals surface area contributed by atoms with Gasteiger partial charge in [-0.05, 0) is 12.1 Å². The maximum Gasteiger partial charge on any atom is 0.151 e. The van der Waals surface area contributed by atoms with Crippen molar-refractivity contribution >= 4 is 23.1 Å². The maximum atomic E-state index is 5.79. The molecule has 0 spiro atoms. The van der Waals surface area contributed by atoms with Crippen LogP contribution in [0.25, 0.3) is 11.0 Å². The van der Waals surface area contributed by atoms with E-state index in [0.717, 1.165) is 11.0 Å². The first-order valence-corrected chi connectivity index (χ1v) is 4.90. The van der Waals surface area contributed by atoms with E-state index < -0.39 is 0 Å². The van der Waals surface area contributed by atoms with Gasteiger partial charge >= 0.3 is 0 Å². The molecular formula is C11H13N5. The van der Waals surface area contributed by atoms with Crippen LogP contribution in [0, 0.1) is 0 Å². The Bertz CT molecular complexity index is 533. The van der Waals surface area contributed by atoms with E-state index in [1.54, 1.807) is 11.2 Å². The van der Waals surface area contributed by atoms with Crippen molar-refractivity contribution in [1.82, 2.24) is 15.0 Å². The van der Waals surface area contributed by atoms with Crippen molar-refractivity contribution in [2.24, 2.45) is 5.10 Å². The van der Waals surface area contributed by atoms with Gasteiger partial charge in [0.1, 0.15) is 5.69 Å². The van der Waals surface area contributed by atoms with Crippen LogP contribution in [0.2, 0.25) is 0 Å². The largest absolute Gasteiger partial charge is 0.382 e. The number of para-hydroxylation sites is 2. The minimum Gasteiger partial charge on any atom is -0.382 e. The van der Waals surface area contributed by atoms with Gasteiger partial charge in [0.2, 0.25) is 0 Å². The molecule has 2 N–H and O–H groups in total. The molecule has 0 aliphatic heterocycles. The van der Waals surface area contributed by atoms with E-state index in [4.69, 9.17) is 5.73 Å². The molecule has 2 aromatic rings. The van der Waals surface area contributed by atoms with Crippen molar-refractivity contribution in [2.75, 3.05) is 19.8 Å². The first-order chi connectivity index (χ1) is 7.66. The van der Waals surface area contributed by atoms with Crippen molar-refractivity contribution in [2.45, 2.75) is 0 Å². The molecule has 0 saturated carbocycles. The first-order valence-electron chi connectivity index (χ1n) is 4.90. The quantitative estimate of drug-likeness (QED) is 0.602. The predicted octanol–water partition coefficient (Wildman–Crippen LogP) is 1.11. The van der Waals surface area contributed by atoms with Crippen LogP contribution >= 0.6 is 0 Å². The minimum atomic E-state index is 0.393. The van der Waals surface area contributed by atoms with Crippen molar-refractivity contribution in [1.29, 1.82) is 0 Å². The Morgan fingerprint density at radius 2 is 1.81 bits per heavy atom. The summed E-state index contributed by atoms with van der Waals surface area (Å²) in [5, 5.41) is 5.77. The number of rotatable bonds is 2. The third-order valence-corrected chi connectivity index (χ3v) is 2.04. The molecule has 5 nitrogen and oxygen atoms in total. The van der Waals surface area contributed by atoms with Gasteiger partial charge in [-0.2, -0.15) is 5.10 Å². The Labute approximate surface area is 93.6 Å². The molecule has 0 bridgehead atoms. The average molecular weight is 215 g/mol. The predicted molar refractivity (Wildman–Crippen MR) is 65.2 cm³/mol. The molecule has 0 aliphatic rings. The summed E-state index contributed by atoms with van der Waals surface area (Å²) in [7, 11) is 3.67. The molecule has 0 aliphatic carbocycles. The van der Waals surface area contributed by atoms with E-state index in [1.807, 2.05) is 38.4 Å². The van der Waals surface area contributed by atoms with Crippen LogP contribution in [0.5, 0.6) is 0 Å². The minimum absolute atomic E-state index is 0.393. The third kappa shape index (κ3) is 2.08. The van der Waals surface area contributed by atoms with Gasteiger partial charge in [-0.15, -0.1) is 0 Å². The van der Waals surface area contributed by atoms with Crippen molar-refractivity contribution in [3.63, 3.8) is 0 Å². The molecule has 0 radical (unpaired) electrons. The standard InChI is InChI=1S/C11H13N5/c1-16(2)13-7-10-11(12)15-9-6-4-3-5-8(9)14-10/h3-7H,1-2H3,(H2,12,15). The van der Waals surface area contributed by atoms with E-state index in [1.165, 1.54) is 0 Å². The van der Waals surface area contributed by atoms with Gasteiger partial charge < -0.3 is 10.7 Å². The molecule has 1 aromatic carbocycles. The van der Waals surface area contributed by atoms with Gasteiger partial charge in [-0.1, -0.05) is 12.1 Å². The number of benzene rings is 1. The zero-order chi connectivity index (χ0) is 11.5. The highest BCUT2D eigenvalue weighted by Crippen LogP contribution is 2.12. The summed E-state index contributed by atoms with van der Waals surface area (Å²) >= 11 is 0. The molecule has 82 valence electrons. The normalized spacial score (nSPS) is 11.1. The summed E-state index contributed by atoms with van der Waals surface area (Å²) in [6.45, 7) is 0. The summed E-state index contributed by atoms with van der Waals surface area (Å²) < 4.78 is 0. The van der Waals surface area contributed by atoms with Gasteiger partial charge in [0.05, 0.1) is 17.2 Å². The highest BCUT2D eigenvalue weighted by molar-refractivity contribution is 5.87. The Kier molecular flexibility index (Phi) is 2.68. The molecule has 0 amide bonds. The number of hydrogen-bond donors (Lipinski definition) is 1. The fraction of sp³-hybridized carbons (Fsp3) is 0.182.